The highest BCUT2D eigenvalue weighted by Gasteiger charge is 2.32. The normalized spacial score (nSPS) is 16.4. The van der Waals surface area contributed by atoms with E-state index < -0.39 is 24.0 Å². The molecule has 2 aromatic rings. The van der Waals surface area contributed by atoms with Gasteiger partial charge < -0.3 is 20.1 Å². The molecule has 1 aromatic carbocycles. The lowest BCUT2D eigenvalue weighted by molar-refractivity contribution is -0.139. The fourth-order valence-corrected chi connectivity index (χ4v) is 3.07. The molecule has 0 fully saturated rings. The Balaban J connectivity index is 1.86. The molecule has 0 saturated heterocycles. The third kappa shape index (κ3) is 3.95. The van der Waals surface area contributed by atoms with E-state index in [1.54, 1.807) is 43.5 Å². The van der Waals surface area contributed by atoms with Crippen LogP contribution in [-0.4, -0.2) is 42.2 Å². The number of aromatic nitrogens is 1. The van der Waals surface area contributed by atoms with Crippen LogP contribution in [0, 0.1) is 0 Å². The van der Waals surface area contributed by atoms with Gasteiger partial charge in [0.25, 0.3) is 0 Å². The van der Waals surface area contributed by atoms with Gasteiger partial charge in [-0.1, -0.05) is 19.1 Å². The highest BCUT2D eigenvalue weighted by atomic mass is 16.5. The van der Waals surface area contributed by atoms with E-state index in [-0.39, 0.29) is 24.5 Å². The second-order valence-corrected chi connectivity index (χ2v) is 6.12. The number of nitrogens with one attached hydrogen (secondary N) is 2. The van der Waals surface area contributed by atoms with Gasteiger partial charge in [0, 0.05) is 11.6 Å². The summed E-state index contributed by atoms with van der Waals surface area (Å²) in [5.74, 6) is -1.13. The molecular weight excluding hydrogens is 362 g/mol. The Morgan fingerprint density at radius 3 is 2.68 bits per heavy atom. The summed E-state index contributed by atoms with van der Waals surface area (Å²) < 4.78 is 10.5. The van der Waals surface area contributed by atoms with Crippen LogP contribution in [0.5, 0.6) is 0 Å². The summed E-state index contributed by atoms with van der Waals surface area (Å²) in [6, 6.07) is 7.70. The van der Waals surface area contributed by atoms with Crippen LogP contribution < -0.4 is 10.6 Å². The molecule has 2 N–H and O–H groups in total. The lowest BCUT2D eigenvalue weighted by Crippen LogP contribution is -2.51. The Morgan fingerprint density at radius 1 is 1.11 bits per heavy atom. The van der Waals surface area contributed by atoms with Crippen LogP contribution in [0.2, 0.25) is 0 Å². The Morgan fingerprint density at radius 2 is 1.93 bits per heavy atom. The molecule has 146 valence electrons. The monoisotopic (exact) mass is 383 g/mol. The van der Waals surface area contributed by atoms with Crippen LogP contribution in [0.4, 0.5) is 4.79 Å². The molecule has 1 atom stereocenters. The van der Waals surface area contributed by atoms with Crippen molar-refractivity contribution in [1.82, 2.24) is 15.6 Å². The second kappa shape index (κ2) is 8.51. The number of rotatable bonds is 6. The van der Waals surface area contributed by atoms with Crippen molar-refractivity contribution in [1.29, 1.82) is 0 Å². The summed E-state index contributed by atoms with van der Waals surface area (Å²) >= 11 is 0. The average molecular weight is 383 g/mol. The topological polar surface area (TPSA) is 107 Å². The average Bonchev–Trinajstić information content (AvgIpc) is 2.71. The largest absolute Gasteiger partial charge is 0.463 e. The molecule has 0 bridgehead atoms. The number of amides is 2. The maximum absolute atomic E-state index is 12.6. The van der Waals surface area contributed by atoms with E-state index in [4.69, 9.17) is 9.47 Å². The van der Waals surface area contributed by atoms with Crippen molar-refractivity contribution in [2.75, 3.05) is 13.2 Å². The highest BCUT2D eigenvalue weighted by molar-refractivity contribution is 6.03. The standard InChI is InChI=1S/C20H21N3O5/c1-3-14-17(19(25)27-4-2)16(23-20(26)22-14)11-28-18(24)13-7-5-9-15-12(13)8-6-10-21-15/h5-10,14H,3-4,11H2,1-2H3,(H2,22,23,26). The van der Waals surface area contributed by atoms with Crippen LogP contribution in [-0.2, 0) is 14.3 Å². The predicted octanol–water partition coefficient (Wildman–Crippen LogP) is 2.30. The lowest BCUT2D eigenvalue weighted by Gasteiger charge is -2.28. The van der Waals surface area contributed by atoms with Gasteiger partial charge in [-0.05, 0) is 31.5 Å². The van der Waals surface area contributed by atoms with Crippen molar-refractivity contribution in [2.24, 2.45) is 0 Å². The molecular formula is C20H21N3O5. The summed E-state index contributed by atoms with van der Waals surface area (Å²) in [5, 5.41) is 5.89. The number of ether oxygens (including phenoxy) is 2. The predicted molar refractivity (Wildman–Crippen MR) is 101 cm³/mol. The van der Waals surface area contributed by atoms with E-state index in [1.807, 2.05) is 6.92 Å². The zero-order valence-corrected chi connectivity index (χ0v) is 15.7. The maximum Gasteiger partial charge on any atom is 0.339 e. The van der Waals surface area contributed by atoms with E-state index >= 15 is 0 Å². The van der Waals surface area contributed by atoms with Gasteiger partial charge >= 0.3 is 18.0 Å². The van der Waals surface area contributed by atoms with Crippen LogP contribution in [0.1, 0.15) is 30.6 Å². The molecule has 1 unspecified atom stereocenters. The van der Waals surface area contributed by atoms with Gasteiger partial charge in [-0.15, -0.1) is 0 Å². The van der Waals surface area contributed by atoms with Gasteiger partial charge in [-0.3, -0.25) is 4.98 Å². The minimum absolute atomic E-state index is 0.197. The Hall–Kier alpha value is -3.42. The van der Waals surface area contributed by atoms with Gasteiger partial charge in [0.1, 0.15) is 6.61 Å². The first-order valence-electron chi connectivity index (χ1n) is 9.03. The third-order valence-corrected chi connectivity index (χ3v) is 4.36. The SMILES string of the molecule is CCOC(=O)C1=C(COC(=O)c2cccc3ncccc23)NC(=O)NC1CC. The van der Waals surface area contributed by atoms with Gasteiger partial charge in [0.15, 0.2) is 0 Å². The van der Waals surface area contributed by atoms with Crippen LogP contribution in [0.25, 0.3) is 10.9 Å². The summed E-state index contributed by atoms with van der Waals surface area (Å²) in [5.41, 5.74) is 1.51. The van der Waals surface area contributed by atoms with E-state index in [2.05, 4.69) is 15.6 Å². The number of carbonyl (C=O) groups excluding carboxylic acids is 3. The van der Waals surface area contributed by atoms with Crippen molar-refractivity contribution in [2.45, 2.75) is 26.3 Å². The molecule has 2 amide bonds. The van der Waals surface area contributed by atoms with Gasteiger partial charge in [-0.2, -0.15) is 0 Å². The minimum atomic E-state index is -0.574. The molecule has 8 nitrogen and oxygen atoms in total. The van der Waals surface area contributed by atoms with Crippen molar-refractivity contribution in [3.05, 3.63) is 53.4 Å². The van der Waals surface area contributed by atoms with E-state index in [1.165, 1.54) is 0 Å². The quantitative estimate of drug-likeness (QED) is 0.742. The smallest absolute Gasteiger partial charge is 0.339 e. The van der Waals surface area contributed by atoms with Gasteiger partial charge in [0.2, 0.25) is 0 Å². The molecule has 1 aromatic heterocycles. The first-order valence-corrected chi connectivity index (χ1v) is 9.03. The molecule has 8 heteroatoms. The number of carbonyl (C=O) groups is 3. The fourth-order valence-electron chi connectivity index (χ4n) is 3.07. The number of esters is 2. The zero-order chi connectivity index (χ0) is 20.1. The number of urea groups is 1. The summed E-state index contributed by atoms with van der Waals surface area (Å²) in [6.07, 6.45) is 2.14. The molecule has 2 heterocycles. The number of hydrogen-bond acceptors (Lipinski definition) is 6. The number of nitrogens with zero attached hydrogens (tertiary/aromatic N) is 1. The summed E-state index contributed by atoms with van der Waals surface area (Å²) in [6.45, 7) is 3.47. The summed E-state index contributed by atoms with van der Waals surface area (Å²) in [7, 11) is 0. The fraction of sp³-hybridized carbons (Fsp3) is 0.300. The first kappa shape index (κ1) is 19.3. The second-order valence-electron chi connectivity index (χ2n) is 6.12. The molecule has 0 spiro atoms. The molecule has 0 radical (unpaired) electrons. The minimum Gasteiger partial charge on any atom is -0.463 e. The number of fused-ring (bicyclic) bond motifs is 1. The highest BCUT2D eigenvalue weighted by Crippen LogP contribution is 2.20. The van der Waals surface area contributed by atoms with Crippen molar-refractivity contribution < 1.29 is 23.9 Å². The molecule has 1 aliphatic rings. The molecule has 0 saturated carbocycles. The zero-order valence-electron chi connectivity index (χ0n) is 15.7. The van der Waals surface area contributed by atoms with Gasteiger partial charge in [0.05, 0.1) is 35.0 Å². The number of hydrogen-bond donors (Lipinski definition) is 2. The van der Waals surface area contributed by atoms with Crippen LogP contribution in [0.3, 0.4) is 0 Å². The number of pyridine rings is 1. The van der Waals surface area contributed by atoms with E-state index in [0.717, 1.165) is 0 Å². The molecule has 28 heavy (non-hydrogen) atoms. The van der Waals surface area contributed by atoms with Crippen molar-refractivity contribution >= 4 is 28.9 Å². The first-order chi connectivity index (χ1) is 13.5. The van der Waals surface area contributed by atoms with E-state index in [9.17, 15) is 14.4 Å². The summed E-state index contributed by atoms with van der Waals surface area (Å²) in [4.78, 5) is 41.1. The van der Waals surface area contributed by atoms with Gasteiger partial charge in [-0.25, -0.2) is 14.4 Å². The third-order valence-electron chi connectivity index (χ3n) is 4.36. The van der Waals surface area contributed by atoms with Crippen molar-refractivity contribution in [3.63, 3.8) is 0 Å². The molecule has 3 rings (SSSR count). The number of benzene rings is 1. The molecule has 1 aliphatic heterocycles. The lowest BCUT2D eigenvalue weighted by atomic mass is 10.0. The Bertz CT molecular complexity index is 949. The van der Waals surface area contributed by atoms with Crippen molar-refractivity contribution in [3.8, 4) is 0 Å². The van der Waals surface area contributed by atoms with Crippen LogP contribution >= 0.6 is 0 Å². The Kier molecular flexibility index (Phi) is 5.88. The Labute approximate surface area is 161 Å². The maximum atomic E-state index is 12.6. The van der Waals surface area contributed by atoms with Crippen LogP contribution in [0.15, 0.2) is 47.8 Å². The molecule has 0 aliphatic carbocycles. The van der Waals surface area contributed by atoms with E-state index in [0.29, 0.717) is 22.9 Å².